The maximum Gasteiger partial charge on any atom is 0.167 e. The van der Waals surface area contributed by atoms with Gasteiger partial charge in [-0.25, -0.2) is 0 Å². The number of methoxy groups -OCH3 is 2. The van der Waals surface area contributed by atoms with Crippen LogP contribution in [0.2, 0.25) is 0 Å². The first-order valence-corrected chi connectivity index (χ1v) is 6.97. The van der Waals surface area contributed by atoms with Crippen molar-refractivity contribution in [3.63, 3.8) is 0 Å². The molecule has 0 amide bonds. The largest absolute Gasteiger partial charge is 0.493 e. The molecule has 2 aromatic rings. The smallest absolute Gasteiger partial charge is 0.167 e. The van der Waals surface area contributed by atoms with Gasteiger partial charge < -0.3 is 9.47 Å². The second-order valence-corrected chi connectivity index (χ2v) is 5.10. The quantitative estimate of drug-likeness (QED) is 0.587. The molecule has 2 rings (SSSR count). The zero-order chi connectivity index (χ0) is 13.7. The summed E-state index contributed by atoms with van der Waals surface area (Å²) in [5.41, 5.74) is 2.19. The van der Waals surface area contributed by atoms with Crippen LogP contribution in [-0.2, 0) is 0 Å². The van der Waals surface area contributed by atoms with Crippen LogP contribution in [0, 0.1) is 3.57 Å². The summed E-state index contributed by atoms with van der Waals surface area (Å²) in [4.78, 5) is 0. The van der Waals surface area contributed by atoms with Gasteiger partial charge in [0.25, 0.3) is 0 Å². The molecule has 0 spiro atoms. The van der Waals surface area contributed by atoms with Gasteiger partial charge in [-0.15, -0.1) is 0 Å². The lowest BCUT2D eigenvalue weighted by Crippen LogP contribution is -1.92. The third-order valence-corrected chi connectivity index (χ3v) is 3.76. The lowest BCUT2D eigenvalue weighted by atomic mass is 10.1. The fourth-order valence-electron chi connectivity index (χ4n) is 1.83. The van der Waals surface area contributed by atoms with Crippen LogP contribution in [0.5, 0.6) is 11.5 Å². The van der Waals surface area contributed by atoms with E-state index in [1.165, 1.54) is 9.13 Å². The molecule has 0 aliphatic rings. The van der Waals surface area contributed by atoms with E-state index >= 15 is 0 Å². The highest BCUT2D eigenvalue weighted by molar-refractivity contribution is 14.1. The number of ether oxygens (including phenoxy) is 2. The Kier molecular flexibility index (Phi) is 4.85. The highest BCUT2D eigenvalue weighted by atomic mass is 127. The summed E-state index contributed by atoms with van der Waals surface area (Å²) in [5.74, 6) is 1.50. The standard InChI is InChI=1S/C16H15IO2/c1-18-15-9-5-7-13(16(15)19-2)11-10-12-6-3-4-8-14(12)17/h3-11H,1-2H3/b11-10-. The Morgan fingerprint density at radius 3 is 2.21 bits per heavy atom. The van der Waals surface area contributed by atoms with Gasteiger partial charge in [0.1, 0.15) is 0 Å². The normalized spacial score (nSPS) is 10.7. The highest BCUT2D eigenvalue weighted by Gasteiger charge is 2.06. The van der Waals surface area contributed by atoms with Crippen LogP contribution in [0.1, 0.15) is 11.1 Å². The molecule has 0 saturated heterocycles. The van der Waals surface area contributed by atoms with Crippen LogP contribution in [-0.4, -0.2) is 14.2 Å². The molecule has 0 aliphatic carbocycles. The first-order chi connectivity index (χ1) is 9.26. The van der Waals surface area contributed by atoms with Crippen LogP contribution in [0.3, 0.4) is 0 Å². The lowest BCUT2D eigenvalue weighted by molar-refractivity contribution is 0.354. The van der Waals surface area contributed by atoms with Gasteiger partial charge in [-0.3, -0.25) is 0 Å². The van der Waals surface area contributed by atoms with Gasteiger partial charge in [-0.2, -0.15) is 0 Å². The third-order valence-electron chi connectivity index (χ3n) is 2.78. The maximum absolute atomic E-state index is 5.41. The predicted octanol–water partition coefficient (Wildman–Crippen LogP) is 4.48. The van der Waals surface area contributed by atoms with E-state index < -0.39 is 0 Å². The summed E-state index contributed by atoms with van der Waals surface area (Å²) in [7, 11) is 3.30. The van der Waals surface area contributed by atoms with Crippen LogP contribution >= 0.6 is 22.6 Å². The number of hydrogen-bond donors (Lipinski definition) is 0. The summed E-state index contributed by atoms with van der Waals surface area (Å²) >= 11 is 2.33. The topological polar surface area (TPSA) is 18.5 Å². The predicted molar refractivity (Wildman–Crippen MR) is 87.6 cm³/mol. The molecule has 0 atom stereocenters. The van der Waals surface area contributed by atoms with Gasteiger partial charge in [-0.05, 0) is 40.3 Å². The molecule has 3 heteroatoms. The Bertz CT molecular complexity index is 591. The van der Waals surface area contributed by atoms with Gasteiger partial charge in [-0.1, -0.05) is 42.5 Å². The third kappa shape index (κ3) is 3.29. The first-order valence-electron chi connectivity index (χ1n) is 5.90. The second-order valence-electron chi connectivity index (χ2n) is 3.94. The molecule has 2 aromatic carbocycles. The minimum Gasteiger partial charge on any atom is -0.493 e. The van der Waals surface area contributed by atoms with Gasteiger partial charge in [0.2, 0.25) is 0 Å². The zero-order valence-electron chi connectivity index (χ0n) is 10.9. The fraction of sp³-hybridized carbons (Fsp3) is 0.125. The molecular formula is C16H15IO2. The molecule has 2 nitrogen and oxygen atoms in total. The summed E-state index contributed by atoms with van der Waals surface area (Å²) in [6.07, 6.45) is 4.12. The van der Waals surface area contributed by atoms with E-state index in [2.05, 4.69) is 40.8 Å². The number of hydrogen-bond acceptors (Lipinski definition) is 2. The number of halogens is 1. The van der Waals surface area contributed by atoms with E-state index in [1.54, 1.807) is 14.2 Å². The summed E-state index contributed by atoms with van der Waals surface area (Å²) in [6.45, 7) is 0. The summed E-state index contributed by atoms with van der Waals surface area (Å²) in [6, 6.07) is 14.1. The molecule has 0 heterocycles. The average molecular weight is 366 g/mol. The molecule has 0 unspecified atom stereocenters. The van der Waals surface area contributed by atoms with Crippen molar-refractivity contribution in [1.29, 1.82) is 0 Å². The van der Waals surface area contributed by atoms with E-state index in [4.69, 9.17) is 9.47 Å². The number of para-hydroxylation sites is 1. The average Bonchev–Trinajstić information content (AvgIpc) is 2.45. The lowest BCUT2D eigenvalue weighted by Gasteiger charge is -2.09. The molecule has 98 valence electrons. The highest BCUT2D eigenvalue weighted by Crippen LogP contribution is 2.32. The van der Waals surface area contributed by atoms with Crippen molar-refractivity contribution >= 4 is 34.7 Å². The molecule has 0 saturated carbocycles. The SMILES string of the molecule is COc1cccc(/C=C\c2ccccc2I)c1OC. The van der Waals surface area contributed by atoms with Crippen molar-refractivity contribution < 1.29 is 9.47 Å². The first kappa shape index (κ1) is 13.9. The van der Waals surface area contributed by atoms with Crippen LogP contribution in [0.25, 0.3) is 12.2 Å². The van der Waals surface area contributed by atoms with Crippen molar-refractivity contribution in [2.24, 2.45) is 0 Å². The Balaban J connectivity index is 2.36. The second kappa shape index (κ2) is 6.61. The van der Waals surface area contributed by atoms with Crippen molar-refractivity contribution in [2.45, 2.75) is 0 Å². The maximum atomic E-state index is 5.41. The Morgan fingerprint density at radius 2 is 1.53 bits per heavy atom. The van der Waals surface area contributed by atoms with E-state index in [1.807, 2.05) is 36.4 Å². The molecule has 19 heavy (non-hydrogen) atoms. The molecule has 0 aromatic heterocycles. The van der Waals surface area contributed by atoms with Crippen LogP contribution < -0.4 is 9.47 Å². The van der Waals surface area contributed by atoms with Crippen LogP contribution in [0.4, 0.5) is 0 Å². The van der Waals surface area contributed by atoms with Crippen LogP contribution in [0.15, 0.2) is 42.5 Å². The van der Waals surface area contributed by atoms with E-state index in [9.17, 15) is 0 Å². The van der Waals surface area contributed by atoms with Crippen molar-refractivity contribution in [2.75, 3.05) is 14.2 Å². The minimum absolute atomic E-state index is 0.743. The number of rotatable bonds is 4. The van der Waals surface area contributed by atoms with E-state index in [0.717, 1.165) is 17.1 Å². The van der Waals surface area contributed by atoms with Crippen molar-refractivity contribution in [3.8, 4) is 11.5 Å². The Hall–Kier alpha value is -1.49. The molecule has 0 fully saturated rings. The summed E-state index contributed by atoms with van der Waals surface area (Å²) in [5, 5.41) is 0. The Morgan fingerprint density at radius 1 is 0.842 bits per heavy atom. The van der Waals surface area contributed by atoms with Gasteiger partial charge in [0.15, 0.2) is 11.5 Å². The molecule has 0 aliphatic heterocycles. The van der Waals surface area contributed by atoms with Gasteiger partial charge in [0, 0.05) is 9.13 Å². The fourth-order valence-corrected chi connectivity index (χ4v) is 2.40. The van der Waals surface area contributed by atoms with E-state index in [0.29, 0.717) is 0 Å². The zero-order valence-corrected chi connectivity index (χ0v) is 13.0. The molecule has 0 bridgehead atoms. The molecular weight excluding hydrogens is 351 g/mol. The molecule has 0 radical (unpaired) electrons. The molecule has 0 N–H and O–H groups in total. The van der Waals surface area contributed by atoms with E-state index in [-0.39, 0.29) is 0 Å². The number of benzene rings is 2. The van der Waals surface area contributed by atoms with Crippen molar-refractivity contribution in [3.05, 3.63) is 57.2 Å². The minimum atomic E-state index is 0.743. The van der Waals surface area contributed by atoms with Gasteiger partial charge >= 0.3 is 0 Å². The Labute approximate surface area is 127 Å². The summed E-state index contributed by atoms with van der Waals surface area (Å²) < 4.78 is 11.9. The van der Waals surface area contributed by atoms with Crippen molar-refractivity contribution in [1.82, 2.24) is 0 Å². The van der Waals surface area contributed by atoms with Gasteiger partial charge in [0.05, 0.1) is 14.2 Å². The monoisotopic (exact) mass is 366 g/mol.